The number of hydrogen-bond acceptors (Lipinski definition) is 2. The maximum atomic E-state index is 4.57. The molecule has 0 N–H and O–H groups in total. The van der Waals surface area contributed by atoms with Crippen LogP contribution >= 0.6 is 22.9 Å². The smallest absolute Gasteiger partial charge is 0.0584 e. The van der Waals surface area contributed by atoms with Gasteiger partial charge in [-0.05, 0) is 0 Å². The summed E-state index contributed by atoms with van der Waals surface area (Å²) in [5, 5.41) is 0. The monoisotopic (exact) mass is 187 g/mol. The highest BCUT2D eigenvalue weighted by Gasteiger charge is 1.74. The van der Waals surface area contributed by atoms with Gasteiger partial charge in [-0.15, -0.1) is 3.28 Å². The van der Waals surface area contributed by atoms with Gasteiger partial charge >= 0.3 is 0 Å². The topological polar surface area (TPSA) is 12.5 Å². The van der Waals surface area contributed by atoms with Crippen LogP contribution in [-0.4, -0.2) is 17.4 Å². The number of nitrogens with zero attached hydrogens (tertiary/aromatic N) is 1. The Hall–Kier alpha value is 0.650. The van der Waals surface area contributed by atoms with Crippen LogP contribution in [0.3, 0.4) is 0 Å². The zero-order chi connectivity index (χ0) is 4.28. The van der Waals surface area contributed by atoms with Crippen LogP contribution in [0, 0.1) is 0 Å². The van der Waals surface area contributed by atoms with E-state index in [9.17, 15) is 0 Å². The Kier molecular flexibility index (Phi) is 3.24. The number of rotatable bonds is 1. The second kappa shape index (κ2) is 2.87. The van der Waals surface area contributed by atoms with Crippen molar-refractivity contribution in [1.29, 1.82) is 0 Å². The zero-order valence-electron chi connectivity index (χ0n) is 3.23. The molecule has 0 aromatic heterocycles. The highest BCUT2D eigenvalue weighted by molar-refractivity contribution is 14.1. The van der Waals surface area contributed by atoms with E-state index in [-0.39, 0.29) is 0 Å². The third kappa shape index (κ3) is 4.65. The van der Waals surface area contributed by atoms with Crippen molar-refractivity contribution < 1.29 is 4.84 Å². The molecule has 0 aromatic carbocycles. The first-order valence-corrected chi connectivity index (χ1v) is 2.17. The third-order valence-corrected chi connectivity index (χ3v) is 0.645. The van der Waals surface area contributed by atoms with Crippen LogP contribution in [0.5, 0.6) is 0 Å². The second-order valence-electron chi connectivity index (χ2n) is 0.603. The molecule has 0 radical (unpaired) electrons. The lowest BCUT2D eigenvalue weighted by Gasteiger charge is -1.97. The largest absolute Gasteiger partial charge is 0.293 e. The first-order chi connectivity index (χ1) is 2.27. The maximum absolute atomic E-state index is 4.57. The maximum Gasteiger partial charge on any atom is 0.0584 e. The molecule has 0 saturated heterocycles. The Morgan fingerprint density at radius 3 is 2.00 bits per heavy atom. The van der Waals surface area contributed by atoms with Gasteiger partial charge in [-0.2, -0.15) is 0 Å². The highest BCUT2D eigenvalue weighted by Crippen LogP contribution is 1.87. The van der Waals surface area contributed by atoms with Crippen LogP contribution in [0.1, 0.15) is 0 Å². The SMILES string of the molecule is CON(C)I. The average molecular weight is 187 g/mol. The lowest BCUT2D eigenvalue weighted by molar-refractivity contribution is 0.00623. The molecule has 0 spiro atoms. The second-order valence-corrected chi connectivity index (χ2v) is 1.96. The number of halogens is 1. The fourth-order valence-corrected chi connectivity index (χ4v) is 0. The molecule has 0 saturated carbocycles. The molecule has 0 aromatic rings. The van der Waals surface area contributed by atoms with Gasteiger partial charge in [0, 0.05) is 29.9 Å². The molecule has 3 heteroatoms. The van der Waals surface area contributed by atoms with E-state index in [1.54, 1.807) is 10.4 Å². The van der Waals surface area contributed by atoms with E-state index in [0.717, 1.165) is 0 Å². The van der Waals surface area contributed by atoms with Crippen LogP contribution in [-0.2, 0) is 4.84 Å². The van der Waals surface area contributed by atoms with Crippen molar-refractivity contribution in [2.24, 2.45) is 0 Å². The quantitative estimate of drug-likeness (QED) is 0.342. The van der Waals surface area contributed by atoms with Crippen LogP contribution in [0.4, 0.5) is 0 Å². The predicted molar refractivity (Wildman–Crippen MR) is 28.8 cm³/mol. The molecule has 5 heavy (non-hydrogen) atoms. The molecule has 0 unspecified atom stereocenters. The minimum absolute atomic E-state index is 1.60. The standard InChI is InChI=1S/C2H6INO/c1-4(3)5-2/h1-2H3. The van der Waals surface area contributed by atoms with Crippen molar-refractivity contribution in [3.63, 3.8) is 0 Å². The normalized spacial score (nSPS) is 9.60. The predicted octanol–water partition coefficient (Wildman–Crippen LogP) is 0.830. The lowest BCUT2D eigenvalue weighted by atomic mass is 11.5. The summed E-state index contributed by atoms with van der Waals surface area (Å²) in [6.45, 7) is 0. The molecule has 0 rings (SSSR count). The van der Waals surface area contributed by atoms with Crippen molar-refractivity contribution in [1.82, 2.24) is 3.28 Å². The molecule has 0 aliphatic heterocycles. The first-order valence-electron chi connectivity index (χ1n) is 1.21. The minimum Gasteiger partial charge on any atom is -0.293 e. The highest BCUT2D eigenvalue weighted by atomic mass is 127. The molecular weight excluding hydrogens is 181 g/mol. The van der Waals surface area contributed by atoms with Gasteiger partial charge in [-0.25, -0.2) is 0 Å². The summed E-state index contributed by atoms with van der Waals surface area (Å²) in [4.78, 5) is 4.57. The Balaban J connectivity index is 2.54. The van der Waals surface area contributed by atoms with Crippen molar-refractivity contribution >= 4 is 22.9 Å². The first kappa shape index (κ1) is 5.65. The van der Waals surface area contributed by atoms with Crippen LogP contribution in [0.25, 0.3) is 0 Å². The molecular formula is C2H6INO. The van der Waals surface area contributed by atoms with Crippen LogP contribution in [0.2, 0.25) is 0 Å². The van der Waals surface area contributed by atoms with E-state index in [2.05, 4.69) is 4.84 Å². The summed E-state index contributed by atoms with van der Waals surface area (Å²) in [5.41, 5.74) is 0. The van der Waals surface area contributed by atoms with Gasteiger partial charge in [0.25, 0.3) is 0 Å². The van der Waals surface area contributed by atoms with Crippen molar-refractivity contribution in [2.45, 2.75) is 0 Å². The van der Waals surface area contributed by atoms with Gasteiger partial charge in [0.2, 0.25) is 0 Å². The van der Waals surface area contributed by atoms with Crippen LogP contribution < -0.4 is 0 Å². The Labute approximate surface area is 45.5 Å². The van der Waals surface area contributed by atoms with E-state index in [1.165, 1.54) is 0 Å². The van der Waals surface area contributed by atoms with E-state index < -0.39 is 0 Å². The molecule has 0 aliphatic carbocycles. The molecule has 0 amide bonds. The number of hydroxylamine groups is 1. The summed E-state index contributed by atoms with van der Waals surface area (Å²) < 4.78 is 1.60. The third-order valence-electron chi connectivity index (χ3n) is 0.252. The Morgan fingerprint density at radius 1 is 1.80 bits per heavy atom. The summed E-state index contributed by atoms with van der Waals surface area (Å²) in [6.07, 6.45) is 0. The summed E-state index contributed by atoms with van der Waals surface area (Å²) in [6, 6.07) is 0. The van der Waals surface area contributed by atoms with Gasteiger partial charge in [-0.3, -0.25) is 4.84 Å². The molecule has 0 heterocycles. The molecule has 0 aliphatic rings. The van der Waals surface area contributed by atoms with Crippen molar-refractivity contribution in [2.75, 3.05) is 14.2 Å². The fourth-order valence-electron chi connectivity index (χ4n) is 0. The lowest BCUT2D eigenvalue weighted by Crippen LogP contribution is -1.98. The summed E-state index contributed by atoms with van der Waals surface area (Å²) in [5.74, 6) is 0. The van der Waals surface area contributed by atoms with Crippen molar-refractivity contribution in [3.05, 3.63) is 0 Å². The van der Waals surface area contributed by atoms with E-state index in [0.29, 0.717) is 0 Å². The summed E-state index contributed by atoms with van der Waals surface area (Å²) in [7, 11) is 3.44. The van der Waals surface area contributed by atoms with E-state index in [4.69, 9.17) is 0 Å². The van der Waals surface area contributed by atoms with Gasteiger partial charge in [-0.1, -0.05) is 0 Å². The number of hydrogen-bond donors (Lipinski definition) is 0. The molecule has 0 fully saturated rings. The van der Waals surface area contributed by atoms with Gasteiger partial charge < -0.3 is 0 Å². The van der Waals surface area contributed by atoms with Gasteiger partial charge in [0.15, 0.2) is 0 Å². The van der Waals surface area contributed by atoms with E-state index >= 15 is 0 Å². The van der Waals surface area contributed by atoms with Crippen LogP contribution in [0.15, 0.2) is 0 Å². The Morgan fingerprint density at radius 2 is 2.00 bits per heavy atom. The summed E-state index contributed by atoms with van der Waals surface area (Å²) >= 11 is 2.02. The molecule has 0 atom stereocenters. The van der Waals surface area contributed by atoms with E-state index in [1.807, 2.05) is 29.9 Å². The molecule has 32 valence electrons. The van der Waals surface area contributed by atoms with Gasteiger partial charge in [0.1, 0.15) is 0 Å². The fraction of sp³-hybridized carbons (Fsp3) is 1.00. The Bertz CT molecular complexity index is 23.6. The zero-order valence-corrected chi connectivity index (χ0v) is 5.39. The average Bonchev–Trinajstić information content (AvgIpc) is 1.38. The molecule has 2 nitrogen and oxygen atoms in total. The minimum atomic E-state index is 1.60. The molecule has 0 bridgehead atoms. The van der Waals surface area contributed by atoms with Crippen molar-refractivity contribution in [3.8, 4) is 0 Å². The van der Waals surface area contributed by atoms with Gasteiger partial charge in [0.05, 0.1) is 7.11 Å².